The van der Waals surface area contributed by atoms with Gasteiger partial charge in [-0.25, -0.2) is 4.79 Å². The van der Waals surface area contributed by atoms with Crippen molar-refractivity contribution in [3.63, 3.8) is 0 Å². The van der Waals surface area contributed by atoms with E-state index in [9.17, 15) is 4.79 Å². The van der Waals surface area contributed by atoms with E-state index in [1.807, 2.05) is 45.6 Å². The van der Waals surface area contributed by atoms with Crippen molar-refractivity contribution in [3.8, 4) is 0 Å². The van der Waals surface area contributed by atoms with Crippen LogP contribution in [0.2, 0.25) is 0 Å². The van der Waals surface area contributed by atoms with Gasteiger partial charge in [-0.2, -0.15) is 5.10 Å². The molecule has 0 N–H and O–H groups in total. The molecule has 3 rings (SSSR count). The number of ether oxygens (including phenoxy) is 1. The Balaban J connectivity index is 1.78. The van der Waals surface area contributed by atoms with Crippen LogP contribution in [0.5, 0.6) is 0 Å². The van der Waals surface area contributed by atoms with Gasteiger partial charge < -0.3 is 9.64 Å². The molecule has 128 valence electrons. The monoisotopic (exact) mass is 328 g/mol. The lowest BCUT2D eigenvalue weighted by molar-refractivity contribution is 0.0270. The smallest absolute Gasteiger partial charge is 0.410 e. The number of aromatic nitrogens is 3. The minimum Gasteiger partial charge on any atom is -0.444 e. The molecule has 2 aromatic heterocycles. The standard InChI is InChI=1S/C18H24N4O2/c1-12-14-11-19-15(10-16(14)21(5)20-12)13-6-8-22(9-7-13)17(23)24-18(2,3)4/h6,10-11H,7-9H2,1-5H3. The maximum Gasteiger partial charge on any atom is 0.410 e. The van der Waals surface area contributed by atoms with E-state index < -0.39 is 5.60 Å². The van der Waals surface area contributed by atoms with Crippen LogP contribution >= 0.6 is 0 Å². The molecule has 1 amide bonds. The summed E-state index contributed by atoms with van der Waals surface area (Å²) in [5.41, 5.74) is 3.71. The maximum absolute atomic E-state index is 12.1. The van der Waals surface area contributed by atoms with Gasteiger partial charge in [-0.05, 0) is 45.8 Å². The molecule has 24 heavy (non-hydrogen) atoms. The largest absolute Gasteiger partial charge is 0.444 e. The molecule has 3 heterocycles. The lowest BCUT2D eigenvalue weighted by Gasteiger charge is -2.29. The van der Waals surface area contributed by atoms with Gasteiger partial charge in [-0.15, -0.1) is 0 Å². The molecule has 0 aliphatic carbocycles. The normalized spacial score (nSPS) is 15.5. The highest BCUT2D eigenvalue weighted by Crippen LogP contribution is 2.25. The molecule has 0 radical (unpaired) electrons. The van der Waals surface area contributed by atoms with Crippen molar-refractivity contribution in [2.24, 2.45) is 7.05 Å². The summed E-state index contributed by atoms with van der Waals surface area (Å²) in [7, 11) is 1.94. The number of aryl methyl sites for hydroxylation is 2. The first-order valence-electron chi connectivity index (χ1n) is 8.21. The average Bonchev–Trinajstić information content (AvgIpc) is 2.80. The molecule has 0 bridgehead atoms. The molecule has 1 aliphatic rings. The van der Waals surface area contributed by atoms with E-state index >= 15 is 0 Å². The molecule has 0 unspecified atom stereocenters. The van der Waals surface area contributed by atoms with Gasteiger partial charge in [0.1, 0.15) is 5.60 Å². The quantitative estimate of drug-likeness (QED) is 0.806. The number of pyridine rings is 1. The Morgan fingerprint density at radius 1 is 1.33 bits per heavy atom. The summed E-state index contributed by atoms with van der Waals surface area (Å²) in [5, 5.41) is 5.51. The van der Waals surface area contributed by atoms with Crippen molar-refractivity contribution in [2.45, 2.75) is 39.7 Å². The van der Waals surface area contributed by atoms with Gasteiger partial charge in [0.2, 0.25) is 0 Å². The highest BCUT2D eigenvalue weighted by Gasteiger charge is 2.24. The van der Waals surface area contributed by atoms with Crippen LogP contribution in [0.25, 0.3) is 16.5 Å². The summed E-state index contributed by atoms with van der Waals surface area (Å²) in [6.07, 6.45) is 4.46. The molecule has 0 saturated heterocycles. The zero-order valence-electron chi connectivity index (χ0n) is 15.0. The summed E-state index contributed by atoms with van der Waals surface area (Å²) in [4.78, 5) is 18.4. The van der Waals surface area contributed by atoms with Gasteiger partial charge in [0.15, 0.2) is 0 Å². The third-order valence-electron chi connectivity index (χ3n) is 4.11. The Morgan fingerprint density at radius 3 is 2.71 bits per heavy atom. The number of carbonyl (C=O) groups excluding carboxylic acids is 1. The number of hydrogen-bond acceptors (Lipinski definition) is 4. The molecule has 1 aliphatic heterocycles. The predicted molar refractivity (Wildman–Crippen MR) is 93.6 cm³/mol. The number of fused-ring (bicyclic) bond motifs is 1. The predicted octanol–water partition coefficient (Wildman–Crippen LogP) is 3.30. The third kappa shape index (κ3) is 3.27. The van der Waals surface area contributed by atoms with Gasteiger partial charge in [-0.3, -0.25) is 9.67 Å². The third-order valence-corrected chi connectivity index (χ3v) is 4.11. The summed E-state index contributed by atoms with van der Waals surface area (Å²) in [6, 6.07) is 2.07. The molecular weight excluding hydrogens is 304 g/mol. The molecule has 0 saturated carbocycles. The van der Waals surface area contributed by atoms with Crippen LogP contribution in [0.15, 0.2) is 18.3 Å². The zero-order chi connectivity index (χ0) is 17.5. The van der Waals surface area contributed by atoms with E-state index in [0.29, 0.717) is 13.1 Å². The van der Waals surface area contributed by atoms with Gasteiger partial charge in [0, 0.05) is 31.7 Å². The van der Waals surface area contributed by atoms with Crippen LogP contribution in [0.3, 0.4) is 0 Å². The zero-order valence-corrected chi connectivity index (χ0v) is 15.0. The fraction of sp³-hybridized carbons (Fsp3) is 0.500. The van der Waals surface area contributed by atoms with E-state index in [4.69, 9.17) is 4.74 Å². The average molecular weight is 328 g/mol. The highest BCUT2D eigenvalue weighted by atomic mass is 16.6. The van der Waals surface area contributed by atoms with Gasteiger partial charge in [0.25, 0.3) is 0 Å². The molecular formula is C18H24N4O2. The van der Waals surface area contributed by atoms with Gasteiger partial charge in [-0.1, -0.05) is 6.08 Å². The minimum atomic E-state index is -0.467. The summed E-state index contributed by atoms with van der Waals surface area (Å²) < 4.78 is 7.31. The number of rotatable bonds is 1. The van der Waals surface area contributed by atoms with E-state index in [1.54, 1.807) is 4.90 Å². The Hall–Kier alpha value is -2.37. The molecule has 0 aromatic carbocycles. The van der Waals surface area contributed by atoms with Crippen molar-refractivity contribution in [3.05, 3.63) is 29.7 Å². The van der Waals surface area contributed by atoms with E-state index in [1.165, 1.54) is 0 Å². The Kier molecular flexibility index (Phi) is 4.07. The lowest BCUT2D eigenvalue weighted by atomic mass is 10.0. The fourth-order valence-electron chi connectivity index (χ4n) is 2.89. The van der Waals surface area contributed by atoms with Crippen LogP contribution in [0, 0.1) is 6.92 Å². The van der Waals surface area contributed by atoms with Gasteiger partial charge in [0.05, 0.1) is 16.9 Å². The van der Waals surface area contributed by atoms with Crippen molar-refractivity contribution in [1.82, 2.24) is 19.7 Å². The van der Waals surface area contributed by atoms with Crippen LogP contribution < -0.4 is 0 Å². The summed E-state index contributed by atoms with van der Waals surface area (Å²) >= 11 is 0. The first kappa shape index (κ1) is 16.5. The highest BCUT2D eigenvalue weighted by molar-refractivity contribution is 5.84. The first-order valence-corrected chi connectivity index (χ1v) is 8.21. The van der Waals surface area contributed by atoms with Crippen LogP contribution in [-0.4, -0.2) is 44.4 Å². The molecule has 0 fully saturated rings. The van der Waals surface area contributed by atoms with Crippen LogP contribution in [0.4, 0.5) is 4.79 Å². The van der Waals surface area contributed by atoms with E-state index in [-0.39, 0.29) is 6.09 Å². The number of nitrogens with zero attached hydrogens (tertiary/aromatic N) is 4. The summed E-state index contributed by atoms with van der Waals surface area (Å²) in [6.45, 7) is 8.82. The van der Waals surface area contributed by atoms with Gasteiger partial charge >= 0.3 is 6.09 Å². The van der Waals surface area contributed by atoms with Crippen molar-refractivity contribution < 1.29 is 9.53 Å². The fourth-order valence-corrected chi connectivity index (χ4v) is 2.89. The summed E-state index contributed by atoms with van der Waals surface area (Å²) in [5.74, 6) is 0. The lowest BCUT2D eigenvalue weighted by Crippen LogP contribution is -2.39. The van der Waals surface area contributed by atoms with Crippen LogP contribution in [0.1, 0.15) is 38.6 Å². The minimum absolute atomic E-state index is 0.261. The second kappa shape index (κ2) is 5.92. The van der Waals surface area contributed by atoms with E-state index in [2.05, 4.69) is 22.2 Å². The number of hydrogen-bond donors (Lipinski definition) is 0. The Morgan fingerprint density at radius 2 is 2.08 bits per heavy atom. The number of carbonyl (C=O) groups is 1. The molecule has 0 spiro atoms. The Labute approximate surface area is 142 Å². The number of amides is 1. The molecule has 2 aromatic rings. The SMILES string of the molecule is Cc1nn(C)c2cc(C3=CCN(C(=O)OC(C)(C)C)CC3)ncc12. The van der Waals surface area contributed by atoms with Crippen LogP contribution in [-0.2, 0) is 11.8 Å². The Bertz CT molecular complexity index is 814. The molecule has 6 heteroatoms. The second-order valence-corrected chi connectivity index (χ2v) is 7.20. The maximum atomic E-state index is 12.1. The molecule has 6 nitrogen and oxygen atoms in total. The van der Waals surface area contributed by atoms with E-state index in [0.717, 1.165) is 34.3 Å². The topological polar surface area (TPSA) is 60.2 Å². The molecule has 0 atom stereocenters. The van der Waals surface area contributed by atoms with Crippen molar-refractivity contribution in [2.75, 3.05) is 13.1 Å². The second-order valence-electron chi connectivity index (χ2n) is 7.20. The first-order chi connectivity index (χ1) is 11.2. The van der Waals surface area contributed by atoms with Crippen molar-refractivity contribution in [1.29, 1.82) is 0 Å². The van der Waals surface area contributed by atoms with Crippen molar-refractivity contribution >= 4 is 22.6 Å².